The molecule has 1 heterocycles. The zero-order chi connectivity index (χ0) is 10.0. The van der Waals surface area contributed by atoms with Gasteiger partial charge in [-0.3, -0.25) is 0 Å². The van der Waals surface area contributed by atoms with Crippen LogP contribution >= 0.6 is 11.8 Å². The van der Waals surface area contributed by atoms with Crippen molar-refractivity contribution in [3.05, 3.63) is 11.3 Å². The number of nitrogen functional groups attached to an aromatic ring is 1. The number of rotatable bonds is 2. The summed E-state index contributed by atoms with van der Waals surface area (Å²) in [6, 6.07) is 0. The van der Waals surface area contributed by atoms with Crippen LogP contribution in [-0.2, 0) is 0 Å². The van der Waals surface area contributed by atoms with Crippen molar-refractivity contribution in [1.82, 2.24) is 9.97 Å². The van der Waals surface area contributed by atoms with E-state index in [2.05, 4.69) is 23.8 Å². The number of nitrogens with two attached hydrogens (primary N) is 1. The Hall–Kier alpha value is -0.770. The summed E-state index contributed by atoms with van der Waals surface area (Å²) in [6.07, 6.45) is 1.95. The molecule has 0 saturated carbocycles. The number of hydrogen-bond acceptors (Lipinski definition) is 4. The molecule has 0 aliphatic rings. The van der Waals surface area contributed by atoms with Gasteiger partial charge in [-0.1, -0.05) is 25.6 Å². The SMILES string of the molecule is CSc1nc(N)c(C)c(C(C)C)n1. The molecule has 0 fully saturated rings. The van der Waals surface area contributed by atoms with Crippen LogP contribution in [0.4, 0.5) is 5.82 Å². The molecule has 0 bridgehead atoms. The Morgan fingerprint density at radius 2 is 1.92 bits per heavy atom. The molecular weight excluding hydrogens is 182 g/mol. The average molecular weight is 197 g/mol. The van der Waals surface area contributed by atoms with Crippen molar-refractivity contribution >= 4 is 17.6 Å². The number of hydrogen-bond donors (Lipinski definition) is 1. The summed E-state index contributed by atoms with van der Waals surface area (Å²) in [4.78, 5) is 8.59. The molecule has 0 amide bonds. The molecule has 0 saturated heterocycles. The highest BCUT2D eigenvalue weighted by Crippen LogP contribution is 2.22. The summed E-state index contributed by atoms with van der Waals surface area (Å²) in [5.74, 6) is 0.999. The maximum atomic E-state index is 5.77. The molecule has 72 valence electrons. The Morgan fingerprint density at radius 1 is 1.31 bits per heavy atom. The maximum Gasteiger partial charge on any atom is 0.189 e. The Balaban J connectivity index is 3.25. The third-order valence-electron chi connectivity index (χ3n) is 1.93. The minimum atomic E-state index is 0.399. The summed E-state index contributed by atoms with van der Waals surface area (Å²) in [5.41, 5.74) is 7.83. The molecule has 0 unspecified atom stereocenters. The molecule has 4 heteroatoms. The van der Waals surface area contributed by atoms with Crippen molar-refractivity contribution in [2.75, 3.05) is 12.0 Å². The van der Waals surface area contributed by atoms with E-state index in [1.54, 1.807) is 0 Å². The topological polar surface area (TPSA) is 51.8 Å². The highest BCUT2D eigenvalue weighted by atomic mass is 32.2. The van der Waals surface area contributed by atoms with Crippen LogP contribution in [0, 0.1) is 6.92 Å². The Morgan fingerprint density at radius 3 is 2.38 bits per heavy atom. The van der Waals surface area contributed by atoms with Gasteiger partial charge in [-0.15, -0.1) is 0 Å². The first-order valence-corrected chi connectivity index (χ1v) is 5.46. The second-order valence-electron chi connectivity index (χ2n) is 3.26. The molecule has 1 aromatic heterocycles. The zero-order valence-electron chi connectivity index (χ0n) is 8.46. The molecule has 0 aliphatic carbocycles. The highest BCUT2D eigenvalue weighted by Gasteiger charge is 2.10. The lowest BCUT2D eigenvalue weighted by Gasteiger charge is -2.11. The van der Waals surface area contributed by atoms with Gasteiger partial charge in [-0.05, 0) is 19.1 Å². The number of nitrogens with zero attached hydrogens (tertiary/aromatic N) is 2. The summed E-state index contributed by atoms with van der Waals surface area (Å²) < 4.78 is 0. The number of anilines is 1. The molecule has 0 aliphatic heterocycles. The standard InChI is InChI=1S/C9H15N3S/c1-5(2)7-6(3)8(10)12-9(11-7)13-4/h5H,1-4H3,(H2,10,11,12). The fourth-order valence-electron chi connectivity index (χ4n) is 1.18. The van der Waals surface area contributed by atoms with Crippen LogP contribution in [0.15, 0.2) is 5.16 Å². The second-order valence-corrected chi connectivity index (χ2v) is 4.03. The molecule has 2 N–H and O–H groups in total. The molecule has 0 atom stereocenters. The van der Waals surface area contributed by atoms with Crippen molar-refractivity contribution < 1.29 is 0 Å². The fourth-order valence-corrected chi connectivity index (χ4v) is 1.56. The van der Waals surface area contributed by atoms with E-state index in [1.165, 1.54) is 11.8 Å². The third-order valence-corrected chi connectivity index (χ3v) is 2.48. The quantitative estimate of drug-likeness (QED) is 0.583. The monoisotopic (exact) mass is 197 g/mol. The lowest BCUT2D eigenvalue weighted by atomic mass is 10.1. The van der Waals surface area contributed by atoms with E-state index in [0.29, 0.717) is 11.7 Å². The van der Waals surface area contributed by atoms with Crippen LogP contribution < -0.4 is 5.73 Å². The van der Waals surface area contributed by atoms with Crippen molar-refractivity contribution in [3.8, 4) is 0 Å². The van der Waals surface area contributed by atoms with E-state index in [9.17, 15) is 0 Å². The molecule has 0 radical (unpaired) electrons. The van der Waals surface area contributed by atoms with Crippen LogP contribution in [0.3, 0.4) is 0 Å². The van der Waals surface area contributed by atoms with E-state index >= 15 is 0 Å². The third kappa shape index (κ3) is 2.12. The summed E-state index contributed by atoms with van der Waals surface area (Å²) >= 11 is 1.52. The van der Waals surface area contributed by atoms with Crippen molar-refractivity contribution in [3.63, 3.8) is 0 Å². The second kappa shape index (κ2) is 3.96. The van der Waals surface area contributed by atoms with Gasteiger partial charge in [0.2, 0.25) is 0 Å². The molecule has 1 rings (SSSR count). The number of aromatic nitrogens is 2. The number of thioether (sulfide) groups is 1. The highest BCUT2D eigenvalue weighted by molar-refractivity contribution is 7.98. The normalized spacial score (nSPS) is 10.8. The molecule has 13 heavy (non-hydrogen) atoms. The van der Waals surface area contributed by atoms with Crippen LogP contribution in [0.2, 0.25) is 0 Å². The van der Waals surface area contributed by atoms with E-state index in [-0.39, 0.29) is 0 Å². The minimum absolute atomic E-state index is 0.399. The summed E-state index contributed by atoms with van der Waals surface area (Å²) in [5, 5.41) is 0.756. The molecule has 0 spiro atoms. The summed E-state index contributed by atoms with van der Waals surface area (Å²) in [6.45, 7) is 6.19. The molecule has 0 aromatic carbocycles. The first-order chi connectivity index (χ1) is 6.06. The average Bonchev–Trinajstić information content (AvgIpc) is 2.09. The van der Waals surface area contributed by atoms with Crippen molar-refractivity contribution in [1.29, 1.82) is 0 Å². The van der Waals surface area contributed by atoms with Gasteiger partial charge in [0.15, 0.2) is 5.16 Å². The Kier molecular flexibility index (Phi) is 3.14. The molecular formula is C9H15N3S. The van der Waals surface area contributed by atoms with E-state index in [1.807, 2.05) is 13.2 Å². The smallest absolute Gasteiger partial charge is 0.189 e. The van der Waals surface area contributed by atoms with Crippen molar-refractivity contribution in [2.45, 2.75) is 31.8 Å². The minimum Gasteiger partial charge on any atom is -0.383 e. The van der Waals surface area contributed by atoms with E-state index in [0.717, 1.165) is 16.4 Å². The maximum absolute atomic E-state index is 5.77. The van der Waals surface area contributed by atoms with Gasteiger partial charge in [-0.2, -0.15) is 0 Å². The largest absolute Gasteiger partial charge is 0.383 e. The van der Waals surface area contributed by atoms with E-state index in [4.69, 9.17) is 5.73 Å². The van der Waals surface area contributed by atoms with Crippen LogP contribution in [-0.4, -0.2) is 16.2 Å². The van der Waals surface area contributed by atoms with Crippen molar-refractivity contribution in [2.24, 2.45) is 0 Å². The van der Waals surface area contributed by atoms with Gasteiger partial charge in [0.05, 0.1) is 5.69 Å². The van der Waals surface area contributed by atoms with Crippen LogP contribution in [0.25, 0.3) is 0 Å². The fraction of sp³-hybridized carbons (Fsp3) is 0.556. The first kappa shape index (κ1) is 10.3. The Labute approximate surface area is 83.2 Å². The lowest BCUT2D eigenvalue weighted by Crippen LogP contribution is -2.05. The lowest BCUT2D eigenvalue weighted by molar-refractivity contribution is 0.770. The molecule has 3 nitrogen and oxygen atoms in total. The van der Waals surface area contributed by atoms with Gasteiger partial charge in [0, 0.05) is 5.56 Å². The first-order valence-electron chi connectivity index (χ1n) is 4.24. The summed E-state index contributed by atoms with van der Waals surface area (Å²) in [7, 11) is 0. The van der Waals surface area contributed by atoms with Gasteiger partial charge in [0.1, 0.15) is 5.82 Å². The Bertz CT molecular complexity index is 310. The van der Waals surface area contributed by atoms with Gasteiger partial charge in [-0.25, -0.2) is 9.97 Å². The predicted octanol–water partition coefficient (Wildman–Crippen LogP) is 2.21. The van der Waals surface area contributed by atoms with E-state index < -0.39 is 0 Å². The zero-order valence-corrected chi connectivity index (χ0v) is 9.27. The van der Waals surface area contributed by atoms with Gasteiger partial charge >= 0.3 is 0 Å². The van der Waals surface area contributed by atoms with Crippen LogP contribution in [0.1, 0.15) is 31.0 Å². The van der Waals surface area contributed by atoms with Gasteiger partial charge < -0.3 is 5.73 Å². The molecule has 1 aromatic rings. The van der Waals surface area contributed by atoms with Crippen LogP contribution in [0.5, 0.6) is 0 Å². The van der Waals surface area contributed by atoms with Gasteiger partial charge in [0.25, 0.3) is 0 Å². The predicted molar refractivity (Wildman–Crippen MR) is 57.1 cm³/mol.